The first-order chi connectivity index (χ1) is 8.32. The highest BCUT2D eigenvalue weighted by Crippen LogP contribution is 2.34. The Morgan fingerprint density at radius 2 is 1.61 bits per heavy atom. The monoisotopic (exact) mass is 245 g/mol. The molecular formula is C16H23NO. The van der Waals surface area contributed by atoms with E-state index in [1.54, 1.807) is 0 Å². The lowest BCUT2D eigenvalue weighted by molar-refractivity contribution is -0.123. The smallest absolute Gasteiger partial charge is 0.227 e. The van der Waals surface area contributed by atoms with Crippen LogP contribution in [0.15, 0.2) is 35.5 Å². The van der Waals surface area contributed by atoms with E-state index >= 15 is 0 Å². The van der Waals surface area contributed by atoms with Crippen LogP contribution in [0.2, 0.25) is 0 Å². The van der Waals surface area contributed by atoms with Crippen LogP contribution < -0.4 is 5.32 Å². The summed E-state index contributed by atoms with van der Waals surface area (Å²) < 4.78 is 0. The molecule has 1 N–H and O–H groups in total. The van der Waals surface area contributed by atoms with Crippen molar-refractivity contribution in [3.63, 3.8) is 0 Å². The highest BCUT2D eigenvalue weighted by atomic mass is 16.1. The molecule has 1 aliphatic carbocycles. The lowest BCUT2D eigenvalue weighted by Gasteiger charge is -2.20. The van der Waals surface area contributed by atoms with Gasteiger partial charge < -0.3 is 5.32 Å². The van der Waals surface area contributed by atoms with Crippen molar-refractivity contribution in [2.75, 3.05) is 0 Å². The lowest BCUT2D eigenvalue weighted by atomic mass is 9.88. The Kier molecular flexibility index (Phi) is 3.22. The van der Waals surface area contributed by atoms with Crippen molar-refractivity contribution < 1.29 is 4.79 Å². The van der Waals surface area contributed by atoms with Gasteiger partial charge in [-0.3, -0.25) is 4.79 Å². The number of hydrogen-bond acceptors (Lipinski definition) is 1. The van der Waals surface area contributed by atoms with Gasteiger partial charge in [-0.05, 0) is 25.0 Å². The minimum atomic E-state index is -0.0674. The second kappa shape index (κ2) is 4.42. The molecule has 0 saturated carbocycles. The molecule has 2 nitrogen and oxygen atoms in total. The van der Waals surface area contributed by atoms with E-state index in [9.17, 15) is 4.79 Å². The summed E-state index contributed by atoms with van der Waals surface area (Å²) in [4.78, 5) is 12.1. The number of amides is 1. The average molecular weight is 245 g/mol. The van der Waals surface area contributed by atoms with E-state index in [1.165, 1.54) is 11.1 Å². The highest BCUT2D eigenvalue weighted by Gasteiger charge is 2.31. The lowest BCUT2D eigenvalue weighted by Crippen LogP contribution is -2.37. The molecule has 2 heteroatoms. The second-order valence-corrected chi connectivity index (χ2v) is 6.21. The molecule has 0 spiro atoms. The fourth-order valence-corrected chi connectivity index (χ4v) is 2.55. The van der Waals surface area contributed by atoms with Crippen LogP contribution in [-0.4, -0.2) is 11.9 Å². The van der Waals surface area contributed by atoms with E-state index in [2.05, 4.69) is 57.3 Å². The Hall–Kier alpha value is -1.31. The van der Waals surface area contributed by atoms with E-state index in [1.807, 2.05) is 6.92 Å². The van der Waals surface area contributed by atoms with Crippen molar-refractivity contribution in [3.8, 4) is 0 Å². The Bertz CT molecular complexity index is 454. The van der Waals surface area contributed by atoms with Gasteiger partial charge in [0.2, 0.25) is 5.91 Å². The minimum Gasteiger partial charge on any atom is -0.353 e. The van der Waals surface area contributed by atoms with Crippen LogP contribution in [0.4, 0.5) is 0 Å². The van der Waals surface area contributed by atoms with Gasteiger partial charge in [-0.2, -0.15) is 0 Å². The van der Waals surface area contributed by atoms with Gasteiger partial charge in [0.15, 0.2) is 0 Å². The largest absolute Gasteiger partial charge is 0.353 e. The third-order valence-corrected chi connectivity index (χ3v) is 4.19. The zero-order valence-electron chi connectivity index (χ0n) is 11.9. The molecule has 0 aromatic heterocycles. The third kappa shape index (κ3) is 2.29. The van der Waals surface area contributed by atoms with Crippen LogP contribution in [0.3, 0.4) is 0 Å². The predicted octanol–water partition coefficient (Wildman–Crippen LogP) is 3.23. The Labute approximate surface area is 110 Å². The fraction of sp³-hybridized carbons (Fsp3) is 0.562. The number of carbonyl (C=O) groups excluding carboxylic acids is 1. The second-order valence-electron chi connectivity index (χ2n) is 6.21. The van der Waals surface area contributed by atoms with E-state index < -0.39 is 0 Å². The Morgan fingerprint density at radius 1 is 1.06 bits per heavy atom. The molecule has 18 heavy (non-hydrogen) atoms. The topological polar surface area (TPSA) is 29.1 Å². The SMILES string of the molecule is CC1C(=O)NC(C)C(C)C2=C1C=CC(C)(C)C=C2. The van der Waals surface area contributed by atoms with Crippen molar-refractivity contribution in [2.24, 2.45) is 17.3 Å². The van der Waals surface area contributed by atoms with Crippen molar-refractivity contribution in [3.05, 3.63) is 35.5 Å². The number of rotatable bonds is 0. The first-order valence-electron chi connectivity index (χ1n) is 6.75. The van der Waals surface area contributed by atoms with Gasteiger partial charge in [-0.15, -0.1) is 0 Å². The molecule has 1 amide bonds. The van der Waals surface area contributed by atoms with Gasteiger partial charge in [0, 0.05) is 17.4 Å². The maximum atomic E-state index is 12.1. The molecule has 0 fully saturated rings. The molecule has 2 aliphatic rings. The van der Waals surface area contributed by atoms with Crippen molar-refractivity contribution >= 4 is 5.91 Å². The summed E-state index contributed by atoms with van der Waals surface area (Å²) in [7, 11) is 0. The van der Waals surface area contributed by atoms with Crippen molar-refractivity contribution in [2.45, 2.75) is 40.7 Å². The first kappa shape index (κ1) is 13.1. The molecule has 1 aliphatic heterocycles. The average Bonchev–Trinajstić information content (AvgIpc) is 2.49. The standard InChI is InChI=1S/C16H23NO/c1-10-12(3)17-15(18)11(2)14-7-9-16(4,5)8-6-13(10)14/h6-12H,1-5H3,(H,17,18). The molecule has 1 heterocycles. The molecule has 0 aromatic carbocycles. The minimum absolute atomic E-state index is 0.0609. The van der Waals surface area contributed by atoms with Gasteiger partial charge in [0.1, 0.15) is 0 Å². The summed E-state index contributed by atoms with van der Waals surface area (Å²) in [6, 6.07) is 0.187. The maximum Gasteiger partial charge on any atom is 0.227 e. The fourth-order valence-electron chi connectivity index (χ4n) is 2.55. The Morgan fingerprint density at radius 3 is 2.22 bits per heavy atom. The number of allylic oxidation sites excluding steroid dienone is 4. The van der Waals surface area contributed by atoms with Gasteiger partial charge in [0.05, 0.1) is 5.92 Å². The van der Waals surface area contributed by atoms with Gasteiger partial charge in [-0.1, -0.05) is 45.1 Å². The van der Waals surface area contributed by atoms with Crippen molar-refractivity contribution in [1.82, 2.24) is 5.32 Å². The van der Waals surface area contributed by atoms with Crippen LogP contribution in [0.1, 0.15) is 34.6 Å². The van der Waals surface area contributed by atoms with Crippen LogP contribution in [0.25, 0.3) is 0 Å². The van der Waals surface area contributed by atoms with E-state index in [-0.39, 0.29) is 23.3 Å². The molecule has 0 saturated heterocycles. The zero-order chi connectivity index (χ0) is 13.5. The molecule has 3 atom stereocenters. The quantitative estimate of drug-likeness (QED) is 0.697. The van der Waals surface area contributed by atoms with Gasteiger partial charge in [-0.25, -0.2) is 0 Å². The summed E-state index contributed by atoms with van der Waals surface area (Å²) >= 11 is 0. The van der Waals surface area contributed by atoms with E-state index in [0.29, 0.717) is 5.92 Å². The molecule has 98 valence electrons. The molecule has 2 rings (SSSR count). The third-order valence-electron chi connectivity index (χ3n) is 4.19. The number of nitrogens with one attached hydrogen (secondary N) is 1. The summed E-state index contributed by atoms with van der Waals surface area (Å²) in [5.41, 5.74) is 2.53. The van der Waals surface area contributed by atoms with E-state index in [0.717, 1.165) is 0 Å². The molecule has 0 bridgehead atoms. The zero-order valence-corrected chi connectivity index (χ0v) is 11.9. The summed E-state index contributed by atoms with van der Waals surface area (Å²) in [6.07, 6.45) is 8.79. The first-order valence-corrected chi connectivity index (χ1v) is 6.75. The summed E-state index contributed by atoms with van der Waals surface area (Å²) in [6.45, 7) is 10.6. The number of hydrogen-bond donors (Lipinski definition) is 1. The Balaban J connectivity index is 2.53. The number of carbonyl (C=O) groups is 1. The molecule has 3 unspecified atom stereocenters. The van der Waals surface area contributed by atoms with Gasteiger partial charge >= 0.3 is 0 Å². The van der Waals surface area contributed by atoms with Crippen LogP contribution >= 0.6 is 0 Å². The predicted molar refractivity (Wildman–Crippen MR) is 75.0 cm³/mol. The molecule has 0 radical (unpaired) electrons. The van der Waals surface area contributed by atoms with E-state index in [4.69, 9.17) is 0 Å². The summed E-state index contributed by atoms with van der Waals surface area (Å²) in [5, 5.41) is 3.09. The van der Waals surface area contributed by atoms with Gasteiger partial charge in [0.25, 0.3) is 0 Å². The van der Waals surface area contributed by atoms with Crippen LogP contribution in [0.5, 0.6) is 0 Å². The summed E-state index contributed by atoms with van der Waals surface area (Å²) in [5.74, 6) is 0.419. The van der Waals surface area contributed by atoms with Crippen molar-refractivity contribution in [1.29, 1.82) is 0 Å². The molecule has 0 aromatic rings. The molecular weight excluding hydrogens is 222 g/mol. The normalized spacial score (nSPS) is 34.7. The highest BCUT2D eigenvalue weighted by molar-refractivity contribution is 5.83. The van der Waals surface area contributed by atoms with Crippen LogP contribution in [0, 0.1) is 17.3 Å². The maximum absolute atomic E-state index is 12.1. The van der Waals surface area contributed by atoms with Crippen LogP contribution in [-0.2, 0) is 4.79 Å².